The van der Waals surface area contributed by atoms with Crippen molar-refractivity contribution in [3.63, 3.8) is 0 Å². The predicted molar refractivity (Wildman–Crippen MR) is 88.2 cm³/mol. The number of hydrogen-bond donors (Lipinski definition) is 0. The van der Waals surface area contributed by atoms with Crippen molar-refractivity contribution in [2.45, 2.75) is 32.6 Å². The molecule has 116 valence electrons. The zero-order valence-electron chi connectivity index (χ0n) is 12.4. The first-order chi connectivity index (χ1) is 11.0. The number of thiophene rings is 2. The highest BCUT2D eigenvalue weighted by molar-refractivity contribution is 7.24. The van der Waals surface area contributed by atoms with E-state index in [0.29, 0.717) is 25.8 Å². The number of aryl methyl sites for hydroxylation is 1. The highest BCUT2D eigenvalue weighted by Crippen LogP contribution is 2.46. The van der Waals surface area contributed by atoms with E-state index in [-0.39, 0.29) is 48.8 Å². The largest absolute Gasteiger partial charge is 0.294 e. The maximum absolute atomic E-state index is 12.5. The van der Waals surface area contributed by atoms with Crippen molar-refractivity contribution in [2.24, 2.45) is 0 Å². The number of carbonyl (C=O) groups is 4. The summed E-state index contributed by atoms with van der Waals surface area (Å²) in [6.07, 6.45) is 0.580. The molecule has 0 unspecified atom stereocenters. The van der Waals surface area contributed by atoms with E-state index in [1.54, 1.807) is 0 Å². The van der Waals surface area contributed by atoms with E-state index < -0.39 is 0 Å². The lowest BCUT2D eigenvalue weighted by molar-refractivity contribution is 0.0884. The molecule has 0 atom stereocenters. The van der Waals surface area contributed by atoms with E-state index in [1.807, 2.05) is 13.0 Å². The fourth-order valence-electron chi connectivity index (χ4n) is 3.11. The predicted octanol–water partition coefficient (Wildman–Crippen LogP) is 4.10. The van der Waals surface area contributed by atoms with Crippen LogP contribution >= 0.6 is 22.7 Å². The number of fused-ring (bicyclic) bond motifs is 8. The quantitative estimate of drug-likeness (QED) is 0.721. The highest BCUT2D eigenvalue weighted by Gasteiger charge is 2.36. The van der Waals surface area contributed by atoms with Crippen LogP contribution in [0.15, 0.2) is 6.07 Å². The molecule has 6 heteroatoms. The molecular weight excluding hydrogens is 332 g/mol. The van der Waals surface area contributed by atoms with Crippen LogP contribution in [0.5, 0.6) is 0 Å². The van der Waals surface area contributed by atoms with Crippen LogP contribution in [0.25, 0.3) is 9.75 Å². The van der Waals surface area contributed by atoms with Gasteiger partial charge in [-0.3, -0.25) is 19.2 Å². The average Bonchev–Trinajstić information content (AvgIpc) is 3.09. The summed E-state index contributed by atoms with van der Waals surface area (Å²) in [5, 5.41) is 0. The Morgan fingerprint density at radius 2 is 1.26 bits per heavy atom. The minimum absolute atomic E-state index is 0.0548. The first kappa shape index (κ1) is 14.7. The third-order valence-electron chi connectivity index (χ3n) is 4.28. The van der Waals surface area contributed by atoms with Crippen molar-refractivity contribution >= 4 is 45.8 Å². The van der Waals surface area contributed by atoms with E-state index in [2.05, 4.69) is 0 Å². The summed E-state index contributed by atoms with van der Waals surface area (Å²) in [6, 6.07) is 1.82. The molecule has 0 spiro atoms. The number of hydrogen-bond acceptors (Lipinski definition) is 6. The summed E-state index contributed by atoms with van der Waals surface area (Å²) in [6.45, 7) is 1.89. The molecule has 4 bridgehead atoms. The van der Waals surface area contributed by atoms with Gasteiger partial charge in [0.05, 0.1) is 20.2 Å². The van der Waals surface area contributed by atoms with Crippen LogP contribution in [0, 0.1) is 6.92 Å². The van der Waals surface area contributed by atoms with Gasteiger partial charge in [-0.25, -0.2) is 0 Å². The summed E-state index contributed by atoms with van der Waals surface area (Å²) in [5.74, 6) is -0.477. The molecule has 0 saturated carbocycles. The van der Waals surface area contributed by atoms with E-state index in [4.69, 9.17) is 0 Å². The molecule has 4 rings (SSSR count). The normalized spacial score (nSPS) is 17.4. The summed E-state index contributed by atoms with van der Waals surface area (Å²) >= 11 is 2.59. The summed E-state index contributed by atoms with van der Waals surface area (Å²) in [5.41, 5.74) is 1.62. The first-order valence-corrected chi connectivity index (χ1v) is 9.01. The number of rotatable bonds is 0. The number of Topliss-reactive ketones (excluding diaryl/α,β-unsaturated/α-hetero) is 4. The van der Waals surface area contributed by atoms with Gasteiger partial charge in [0.2, 0.25) is 0 Å². The zero-order valence-corrected chi connectivity index (χ0v) is 14.0. The van der Waals surface area contributed by atoms with Crippen molar-refractivity contribution in [3.05, 3.63) is 32.5 Å². The molecule has 2 aromatic heterocycles. The second-order valence-electron chi connectivity index (χ2n) is 5.83. The van der Waals surface area contributed by atoms with Crippen LogP contribution in [-0.4, -0.2) is 23.1 Å². The molecule has 0 radical (unpaired) electrons. The van der Waals surface area contributed by atoms with Crippen molar-refractivity contribution in [1.29, 1.82) is 0 Å². The smallest absolute Gasteiger partial charge is 0.174 e. The summed E-state index contributed by atoms with van der Waals surface area (Å²) < 4.78 is 0. The molecule has 4 nitrogen and oxygen atoms in total. The second-order valence-corrected chi connectivity index (χ2v) is 7.90. The lowest BCUT2D eigenvalue weighted by Crippen LogP contribution is -2.18. The van der Waals surface area contributed by atoms with Crippen molar-refractivity contribution < 1.29 is 19.2 Å². The van der Waals surface area contributed by atoms with Gasteiger partial charge in [0.15, 0.2) is 23.1 Å². The van der Waals surface area contributed by atoms with Crippen LogP contribution in [0.1, 0.15) is 71.3 Å². The van der Waals surface area contributed by atoms with Crippen LogP contribution < -0.4 is 0 Å². The van der Waals surface area contributed by atoms with Gasteiger partial charge < -0.3 is 0 Å². The van der Waals surface area contributed by atoms with Crippen LogP contribution in [0.2, 0.25) is 0 Å². The highest BCUT2D eigenvalue weighted by atomic mass is 32.1. The standard InChI is InChI=1S/C17H12O4S2/c1-7-6-12-8(18)2-5-11(21)16-13-9(19)3-4-10(20)14(13)17(23-16)15(7)22-12/h6H,2-5H2,1H3. The van der Waals surface area contributed by atoms with Gasteiger partial charge in [-0.05, 0) is 18.6 Å². The monoisotopic (exact) mass is 344 g/mol. The molecule has 1 aliphatic carbocycles. The molecule has 1 aliphatic heterocycles. The molecule has 0 aromatic carbocycles. The molecule has 2 aromatic rings. The molecule has 0 N–H and O–H groups in total. The SMILES string of the molecule is Cc1cc2sc1-c1sc(c3c1C(=O)CCC3=O)C(=O)CCC2=O. The molecule has 0 saturated heterocycles. The lowest BCUT2D eigenvalue weighted by atomic mass is 9.88. The maximum Gasteiger partial charge on any atom is 0.174 e. The third kappa shape index (κ3) is 2.09. The minimum atomic E-state index is -0.209. The number of carbonyl (C=O) groups excluding carboxylic acids is 4. The third-order valence-corrected chi connectivity index (χ3v) is 6.95. The second kappa shape index (κ2) is 5.04. The summed E-state index contributed by atoms with van der Waals surface area (Å²) in [4.78, 5) is 52.0. The van der Waals surface area contributed by atoms with E-state index in [9.17, 15) is 19.2 Å². The topological polar surface area (TPSA) is 68.3 Å². The average molecular weight is 344 g/mol. The van der Waals surface area contributed by atoms with Gasteiger partial charge in [0, 0.05) is 36.1 Å². The molecule has 2 aliphatic rings. The maximum atomic E-state index is 12.5. The zero-order chi connectivity index (χ0) is 16.3. The Balaban J connectivity index is 2.08. The van der Waals surface area contributed by atoms with Gasteiger partial charge in [-0.2, -0.15) is 0 Å². The minimum Gasteiger partial charge on any atom is -0.294 e. The molecule has 23 heavy (non-hydrogen) atoms. The Hall–Kier alpha value is -1.92. The van der Waals surface area contributed by atoms with E-state index >= 15 is 0 Å². The van der Waals surface area contributed by atoms with E-state index in [0.717, 1.165) is 10.4 Å². The Morgan fingerprint density at radius 3 is 1.96 bits per heavy atom. The Labute approximate surface area is 140 Å². The van der Waals surface area contributed by atoms with Gasteiger partial charge >= 0.3 is 0 Å². The van der Waals surface area contributed by atoms with E-state index in [1.165, 1.54) is 22.7 Å². The van der Waals surface area contributed by atoms with Crippen molar-refractivity contribution in [2.75, 3.05) is 0 Å². The van der Waals surface area contributed by atoms with Gasteiger partial charge in [-0.1, -0.05) is 0 Å². The number of ketones is 4. The fraction of sp³-hybridized carbons (Fsp3) is 0.294. The lowest BCUT2D eigenvalue weighted by Gasteiger charge is -2.12. The van der Waals surface area contributed by atoms with Crippen LogP contribution in [0.3, 0.4) is 0 Å². The van der Waals surface area contributed by atoms with Crippen molar-refractivity contribution in [3.8, 4) is 9.75 Å². The molecule has 3 heterocycles. The summed E-state index contributed by atoms with van der Waals surface area (Å²) in [7, 11) is 0. The molecule has 0 fully saturated rings. The molecule has 0 amide bonds. The molecular formula is C17H12O4S2. The fourth-order valence-corrected chi connectivity index (χ4v) is 5.75. The van der Waals surface area contributed by atoms with Crippen molar-refractivity contribution in [1.82, 2.24) is 0 Å². The van der Waals surface area contributed by atoms with Crippen LogP contribution in [-0.2, 0) is 0 Å². The van der Waals surface area contributed by atoms with Gasteiger partial charge in [0.25, 0.3) is 0 Å². The Kier molecular flexibility index (Phi) is 3.21. The van der Waals surface area contributed by atoms with Gasteiger partial charge in [0.1, 0.15) is 0 Å². The van der Waals surface area contributed by atoms with Gasteiger partial charge in [-0.15, -0.1) is 22.7 Å². The Bertz CT molecular complexity index is 913. The first-order valence-electron chi connectivity index (χ1n) is 7.37. The van der Waals surface area contributed by atoms with Crippen LogP contribution in [0.4, 0.5) is 0 Å². The Morgan fingerprint density at radius 1 is 0.696 bits per heavy atom.